The lowest BCUT2D eigenvalue weighted by molar-refractivity contribution is 0.134. The number of rotatable bonds is 8. The molecule has 1 aliphatic heterocycles. The zero-order chi connectivity index (χ0) is 24.2. The number of carboxylic acid groups (broad SMARTS) is 1. The van der Waals surface area contributed by atoms with Crippen LogP contribution in [0.3, 0.4) is 0 Å². The van der Waals surface area contributed by atoms with Gasteiger partial charge in [0.15, 0.2) is 0 Å². The minimum absolute atomic E-state index is 0.0832. The zero-order valence-electron chi connectivity index (χ0n) is 19.5. The van der Waals surface area contributed by atoms with Crippen molar-refractivity contribution in [2.45, 2.75) is 51.0 Å². The molecule has 0 saturated carbocycles. The standard InChI is InChI=1S/C24H34N4O4S/c1-4-18-5-7-20(8-6-18)28(16-17(2)3)33(31,32)21-9-10-23(22(25)15-21)26-19-11-13-27(14-12-19)24(29)30/h5-10,15,17,19,26H,4,11-14,16,25H2,1-3H3,(H,29,30). The number of piperidine rings is 1. The molecule has 1 saturated heterocycles. The van der Waals surface area contributed by atoms with Crippen LogP contribution in [0.5, 0.6) is 0 Å². The lowest BCUT2D eigenvalue weighted by atomic mass is 10.0. The number of nitrogens with one attached hydrogen (secondary N) is 1. The third-order valence-corrected chi connectivity index (χ3v) is 7.69. The first-order valence-corrected chi connectivity index (χ1v) is 12.8. The first kappa shape index (κ1) is 24.7. The molecule has 4 N–H and O–H groups in total. The Morgan fingerprint density at radius 3 is 2.33 bits per heavy atom. The van der Waals surface area contributed by atoms with E-state index in [4.69, 9.17) is 10.8 Å². The van der Waals surface area contributed by atoms with Crippen LogP contribution >= 0.6 is 0 Å². The molecule has 1 fully saturated rings. The smallest absolute Gasteiger partial charge is 0.407 e. The number of hydrogen-bond acceptors (Lipinski definition) is 5. The highest BCUT2D eigenvalue weighted by molar-refractivity contribution is 7.92. The maximum Gasteiger partial charge on any atom is 0.407 e. The van der Waals surface area contributed by atoms with Gasteiger partial charge < -0.3 is 21.1 Å². The van der Waals surface area contributed by atoms with Gasteiger partial charge in [-0.15, -0.1) is 0 Å². The molecule has 8 nitrogen and oxygen atoms in total. The largest absolute Gasteiger partial charge is 0.465 e. The van der Waals surface area contributed by atoms with Gasteiger partial charge in [0.05, 0.1) is 22.0 Å². The Bertz CT molecular complexity index is 1060. The zero-order valence-corrected chi connectivity index (χ0v) is 20.3. The first-order valence-electron chi connectivity index (χ1n) is 11.4. The molecule has 180 valence electrons. The molecule has 2 aromatic rings. The molecular weight excluding hydrogens is 440 g/mol. The van der Waals surface area contributed by atoms with Crippen LogP contribution in [-0.2, 0) is 16.4 Å². The summed E-state index contributed by atoms with van der Waals surface area (Å²) in [6.07, 6.45) is 1.32. The van der Waals surface area contributed by atoms with Crippen molar-refractivity contribution in [3.63, 3.8) is 0 Å². The topological polar surface area (TPSA) is 116 Å². The number of nitrogen functional groups attached to an aromatic ring is 1. The molecule has 33 heavy (non-hydrogen) atoms. The molecule has 9 heteroatoms. The van der Waals surface area contributed by atoms with Gasteiger partial charge in [-0.1, -0.05) is 32.9 Å². The van der Waals surface area contributed by atoms with Crippen molar-refractivity contribution in [3.8, 4) is 0 Å². The predicted molar refractivity (Wildman–Crippen MR) is 132 cm³/mol. The summed E-state index contributed by atoms with van der Waals surface area (Å²) in [6, 6.07) is 12.5. The van der Waals surface area contributed by atoms with Gasteiger partial charge in [-0.05, 0) is 61.1 Å². The van der Waals surface area contributed by atoms with E-state index in [0.717, 1.165) is 12.0 Å². The third kappa shape index (κ3) is 5.90. The number of nitrogens with two attached hydrogens (primary N) is 1. The van der Waals surface area contributed by atoms with Crippen molar-refractivity contribution < 1.29 is 18.3 Å². The minimum Gasteiger partial charge on any atom is -0.465 e. The molecule has 1 heterocycles. The van der Waals surface area contributed by atoms with E-state index in [1.807, 2.05) is 38.1 Å². The maximum absolute atomic E-state index is 13.6. The van der Waals surface area contributed by atoms with Gasteiger partial charge >= 0.3 is 6.09 Å². The highest BCUT2D eigenvalue weighted by Crippen LogP contribution is 2.30. The van der Waals surface area contributed by atoms with E-state index in [-0.39, 0.29) is 16.9 Å². The second-order valence-corrected chi connectivity index (χ2v) is 10.7. The summed E-state index contributed by atoms with van der Waals surface area (Å²) in [5, 5.41) is 12.4. The van der Waals surface area contributed by atoms with E-state index >= 15 is 0 Å². The first-order chi connectivity index (χ1) is 15.6. The Balaban J connectivity index is 1.81. The Hall–Kier alpha value is -2.94. The molecular formula is C24H34N4O4S. The van der Waals surface area contributed by atoms with Crippen LogP contribution in [0.15, 0.2) is 47.4 Å². The number of aryl methyl sites for hydroxylation is 1. The summed E-state index contributed by atoms with van der Waals surface area (Å²) >= 11 is 0. The fourth-order valence-corrected chi connectivity index (χ4v) is 5.63. The van der Waals surface area contributed by atoms with Gasteiger partial charge in [-0.2, -0.15) is 0 Å². The van der Waals surface area contributed by atoms with Crippen molar-refractivity contribution in [1.29, 1.82) is 0 Å². The second-order valence-electron chi connectivity index (χ2n) is 8.89. The molecule has 2 aromatic carbocycles. The molecule has 1 aliphatic rings. The van der Waals surface area contributed by atoms with E-state index in [9.17, 15) is 13.2 Å². The average Bonchev–Trinajstić information content (AvgIpc) is 2.79. The van der Waals surface area contributed by atoms with Crippen molar-refractivity contribution in [1.82, 2.24) is 4.90 Å². The van der Waals surface area contributed by atoms with E-state index in [1.165, 1.54) is 15.3 Å². The molecule has 0 aliphatic carbocycles. The molecule has 0 atom stereocenters. The van der Waals surface area contributed by atoms with Gasteiger partial charge in [0.2, 0.25) is 0 Å². The number of amides is 1. The summed E-state index contributed by atoms with van der Waals surface area (Å²) in [4.78, 5) is 12.6. The summed E-state index contributed by atoms with van der Waals surface area (Å²) < 4.78 is 28.6. The van der Waals surface area contributed by atoms with Crippen LogP contribution in [-0.4, -0.2) is 50.2 Å². The summed E-state index contributed by atoms with van der Waals surface area (Å²) in [7, 11) is -3.80. The van der Waals surface area contributed by atoms with Crippen molar-refractivity contribution >= 4 is 33.2 Å². The van der Waals surface area contributed by atoms with Crippen molar-refractivity contribution in [3.05, 3.63) is 48.0 Å². The lowest BCUT2D eigenvalue weighted by Gasteiger charge is -2.31. The summed E-state index contributed by atoms with van der Waals surface area (Å²) in [5.41, 5.74) is 9.03. The van der Waals surface area contributed by atoms with Crippen LogP contribution in [0.25, 0.3) is 0 Å². The van der Waals surface area contributed by atoms with E-state index in [0.29, 0.717) is 49.5 Å². The van der Waals surface area contributed by atoms with Gasteiger partial charge in [-0.25, -0.2) is 13.2 Å². The van der Waals surface area contributed by atoms with Crippen LogP contribution in [0.2, 0.25) is 0 Å². The quantitative estimate of drug-likeness (QED) is 0.493. The highest BCUT2D eigenvalue weighted by Gasteiger charge is 2.27. The monoisotopic (exact) mass is 474 g/mol. The summed E-state index contributed by atoms with van der Waals surface area (Å²) in [6.45, 7) is 7.31. The number of likely N-dealkylation sites (tertiary alicyclic amines) is 1. The Morgan fingerprint density at radius 2 is 1.82 bits per heavy atom. The molecule has 0 radical (unpaired) electrons. The number of anilines is 3. The van der Waals surface area contributed by atoms with Gasteiger partial charge in [-0.3, -0.25) is 4.31 Å². The molecule has 0 unspecified atom stereocenters. The maximum atomic E-state index is 13.6. The second kappa shape index (κ2) is 10.3. The highest BCUT2D eigenvalue weighted by atomic mass is 32.2. The number of hydrogen-bond donors (Lipinski definition) is 3. The lowest BCUT2D eigenvalue weighted by Crippen LogP contribution is -2.41. The van der Waals surface area contributed by atoms with Crippen molar-refractivity contribution in [2.24, 2.45) is 5.92 Å². The van der Waals surface area contributed by atoms with Crippen LogP contribution < -0.4 is 15.4 Å². The Morgan fingerprint density at radius 1 is 1.18 bits per heavy atom. The molecule has 0 bridgehead atoms. The van der Waals surface area contributed by atoms with Crippen LogP contribution in [0.1, 0.15) is 39.2 Å². The minimum atomic E-state index is -3.80. The number of sulfonamides is 1. The number of nitrogens with zero attached hydrogens (tertiary/aromatic N) is 2. The third-order valence-electron chi connectivity index (χ3n) is 5.90. The van der Waals surface area contributed by atoms with E-state index < -0.39 is 16.1 Å². The Labute approximate surface area is 196 Å². The van der Waals surface area contributed by atoms with Gasteiger partial charge in [0.25, 0.3) is 10.0 Å². The molecule has 3 rings (SSSR count). The molecule has 0 spiro atoms. The average molecular weight is 475 g/mol. The summed E-state index contributed by atoms with van der Waals surface area (Å²) in [5.74, 6) is 0.139. The SMILES string of the molecule is CCc1ccc(N(CC(C)C)S(=O)(=O)c2ccc(NC3CCN(C(=O)O)CC3)c(N)c2)cc1. The van der Waals surface area contributed by atoms with Gasteiger partial charge in [0, 0.05) is 25.7 Å². The van der Waals surface area contributed by atoms with Gasteiger partial charge in [0.1, 0.15) is 0 Å². The fourth-order valence-electron chi connectivity index (χ4n) is 3.97. The van der Waals surface area contributed by atoms with Crippen molar-refractivity contribution in [2.75, 3.05) is 35.0 Å². The van der Waals surface area contributed by atoms with E-state index in [2.05, 4.69) is 12.2 Å². The van der Waals surface area contributed by atoms with Crippen LogP contribution in [0.4, 0.5) is 21.9 Å². The van der Waals surface area contributed by atoms with E-state index in [1.54, 1.807) is 12.1 Å². The predicted octanol–water partition coefficient (Wildman–Crippen LogP) is 4.24. The number of carbonyl (C=O) groups is 1. The fraction of sp³-hybridized carbons (Fsp3) is 0.458. The molecule has 0 aromatic heterocycles. The molecule has 1 amide bonds. The van der Waals surface area contributed by atoms with Crippen LogP contribution in [0, 0.1) is 5.92 Å². The normalized spacial score (nSPS) is 15.0. The Kier molecular flexibility index (Phi) is 7.73. The number of benzene rings is 2.